The maximum atomic E-state index is 12.1. The number of ether oxygens (including phenoxy) is 1. The molecular weight excluding hydrogens is 346 g/mol. The van der Waals surface area contributed by atoms with Crippen LogP contribution >= 0.6 is 24.2 Å². The highest BCUT2D eigenvalue weighted by molar-refractivity contribution is 8.00. The summed E-state index contributed by atoms with van der Waals surface area (Å²) in [6.07, 6.45) is 1.01. The van der Waals surface area contributed by atoms with Crippen molar-refractivity contribution < 1.29 is 9.53 Å². The summed E-state index contributed by atoms with van der Waals surface area (Å²) in [4.78, 5) is 15.7. The molecule has 0 spiro atoms. The third-order valence-electron chi connectivity index (χ3n) is 3.90. The number of nitrogens with zero attached hydrogens (tertiary/aromatic N) is 1. The molecule has 136 valence electrons. The van der Waals surface area contributed by atoms with Crippen LogP contribution < -0.4 is 15.4 Å². The van der Waals surface area contributed by atoms with E-state index >= 15 is 0 Å². The molecule has 0 radical (unpaired) electrons. The van der Waals surface area contributed by atoms with Gasteiger partial charge < -0.3 is 20.3 Å². The standard InChI is InChI=1S/C17H27N3O2S.ClH/c1-14(23-16-6-4-15(22-2)5-7-16)17(21)19-8-3-11-20-12-9-18-10-13-20;/h4-7,14,18H,3,8-13H2,1-2H3,(H,19,21);1H. The van der Waals surface area contributed by atoms with E-state index in [1.54, 1.807) is 18.9 Å². The molecule has 1 saturated heterocycles. The van der Waals surface area contributed by atoms with Crippen molar-refractivity contribution in [3.63, 3.8) is 0 Å². The lowest BCUT2D eigenvalue weighted by atomic mass is 10.3. The van der Waals surface area contributed by atoms with Crippen LogP contribution in [-0.2, 0) is 4.79 Å². The van der Waals surface area contributed by atoms with E-state index in [4.69, 9.17) is 4.74 Å². The quantitative estimate of drug-likeness (QED) is 0.539. The zero-order chi connectivity index (χ0) is 16.5. The Hall–Kier alpha value is -0.950. The number of benzene rings is 1. The van der Waals surface area contributed by atoms with Gasteiger partial charge in [0.05, 0.1) is 12.4 Å². The van der Waals surface area contributed by atoms with Gasteiger partial charge in [0.15, 0.2) is 0 Å². The molecule has 1 aromatic carbocycles. The average Bonchev–Trinajstić information content (AvgIpc) is 2.60. The van der Waals surface area contributed by atoms with Crippen LogP contribution in [0.15, 0.2) is 29.2 Å². The number of carbonyl (C=O) groups excluding carboxylic acids is 1. The molecule has 1 fully saturated rings. The maximum Gasteiger partial charge on any atom is 0.233 e. The Kier molecular flexibility index (Phi) is 10.2. The third kappa shape index (κ3) is 7.30. The second-order valence-electron chi connectivity index (χ2n) is 5.67. The first-order valence-electron chi connectivity index (χ1n) is 8.20. The van der Waals surface area contributed by atoms with Gasteiger partial charge in [-0.2, -0.15) is 0 Å². The zero-order valence-corrected chi connectivity index (χ0v) is 16.0. The SMILES string of the molecule is COc1ccc(SC(C)C(=O)NCCCN2CCNCC2)cc1.Cl. The predicted octanol–water partition coefficient (Wildman–Crippen LogP) is 2.01. The maximum absolute atomic E-state index is 12.1. The molecule has 1 atom stereocenters. The highest BCUT2D eigenvalue weighted by Crippen LogP contribution is 2.25. The molecule has 1 heterocycles. The van der Waals surface area contributed by atoms with Crippen LogP contribution in [0.2, 0.25) is 0 Å². The van der Waals surface area contributed by atoms with Crippen LogP contribution in [-0.4, -0.2) is 62.4 Å². The number of hydrogen-bond acceptors (Lipinski definition) is 5. The monoisotopic (exact) mass is 373 g/mol. The summed E-state index contributed by atoms with van der Waals surface area (Å²) < 4.78 is 5.14. The number of carbonyl (C=O) groups is 1. The number of piperazine rings is 1. The Bertz CT molecular complexity index is 481. The van der Waals surface area contributed by atoms with Gasteiger partial charge in [-0.05, 0) is 44.2 Å². The minimum atomic E-state index is -0.0948. The van der Waals surface area contributed by atoms with Crippen molar-refractivity contribution in [2.45, 2.75) is 23.5 Å². The van der Waals surface area contributed by atoms with Crippen LogP contribution in [0.25, 0.3) is 0 Å². The smallest absolute Gasteiger partial charge is 0.233 e. The summed E-state index contributed by atoms with van der Waals surface area (Å²) in [6.45, 7) is 8.11. The fourth-order valence-corrected chi connectivity index (χ4v) is 3.40. The number of nitrogens with one attached hydrogen (secondary N) is 2. The molecule has 7 heteroatoms. The van der Waals surface area contributed by atoms with Gasteiger partial charge in [-0.15, -0.1) is 24.2 Å². The van der Waals surface area contributed by atoms with Crippen LogP contribution in [0.1, 0.15) is 13.3 Å². The van der Waals surface area contributed by atoms with E-state index in [0.29, 0.717) is 0 Å². The zero-order valence-electron chi connectivity index (χ0n) is 14.4. The molecule has 0 saturated carbocycles. The van der Waals surface area contributed by atoms with E-state index in [1.165, 1.54) is 0 Å². The third-order valence-corrected chi connectivity index (χ3v) is 5.01. The summed E-state index contributed by atoms with van der Waals surface area (Å²) in [5.41, 5.74) is 0. The van der Waals surface area contributed by atoms with Crippen LogP contribution in [0.3, 0.4) is 0 Å². The number of amides is 1. The van der Waals surface area contributed by atoms with E-state index in [9.17, 15) is 4.79 Å². The van der Waals surface area contributed by atoms with Gasteiger partial charge >= 0.3 is 0 Å². The van der Waals surface area contributed by atoms with Crippen molar-refractivity contribution in [2.75, 3.05) is 46.4 Å². The summed E-state index contributed by atoms with van der Waals surface area (Å²) in [5.74, 6) is 0.936. The molecular formula is C17H28ClN3O2S. The number of thioether (sulfide) groups is 1. The molecule has 2 rings (SSSR count). The van der Waals surface area contributed by atoms with Gasteiger partial charge in [-0.1, -0.05) is 0 Å². The molecule has 2 N–H and O–H groups in total. The first-order valence-corrected chi connectivity index (χ1v) is 9.08. The van der Waals surface area contributed by atoms with Crippen LogP contribution in [0, 0.1) is 0 Å². The Morgan fingerprint density at radius 2 is 2.00 bits per heavy atom. The normalized spacial score (nSPS) is 16.1. The Labute approximate surface area is 155 Å². The largest absolute Gasteiger partial charge is 0.497 e. The highest BCUT2D eigenvalue weighted by atomic mass is 35.5. The van der Waals surface area contributed by atoms with Crippen LogP contribution in [0.5, 0.6) is 5.75 Å². The molecule has 24 heavy (non-hydrogen) atoms. The van der Waals surface area contributed by atoms with Gasteiger partial charge in [0.1, 0.15) is 5.75 Å². The lowest BCUT2D eigenvalue weighted by Crippen LogP contribution is -2.44. The first-order chi connectivity index (χ1) is 11.2. The summed E-state index contributed by atoms with van der Waals surface area (Å²) in [7, 11) is 1.65. The molecule has 0 aromatic heterocycles. The van der Waals surface area contributed by atoms with Crippen molar-refractivity contribution in [1.29, 1.82) is 0 Å². The first kappa shape index (κ1) is 21.1. The minimum Gasteiger partial charge on any atom is -0.497 e. The van der Waals surface area contributed by atoms with E-state index in [-0.39, 0.29) is 23.6 Å². The van der Waals surface area contributed by atoms with E-state index < -0.39 is 0 Å². The van der Waals surface area contributed by atoms with Crippen LogP contribution in [0.4, 0.5) is 0 Å². The lowest BCUT2D eigenvalue weighted by molar-refractivity contribution is -0.120. The number of methoxy groups -OCH3 is 1. The van der Waals surface area contributed by atoms with Gasteiger partial charge in [-0.3, -0.25) is 4.79 Å². The Balaban J connectivity index is 0.00000288. The number of halogens is 1. The molecule has 1 unspecified atom stereocenters. The highest BCUT2D eigenvalue weighted by Gasteiger charge is 2.14. The average molecular weight is 374 g/mol. The van der Waals surface area contributed by atoms with Crippen molar-refractivity contribution >= 4 is 30.1 Å². The Morgan fingerprint density at radius 3 is 2.62 bits per heavy atom. The predicted molar refractivity (Wildman–Crippen MR) is 102 cm³/mol. The van der Waals surface area contributed by atoms with E-state index in [1.807, 2.05) is 31.2 Å². The van der Waals surface area contributed by atoms with Gasteiger partial charge in [0.2, 0.25) is 5.91 Å². The van der Waals surface area contributed by atoms with Crippen molar-refractivity contribution in [3.8, 4) is 5.75 Å². The second-order valence-corrected chi connectivity index (χ2v) is 7.09. The molecule has 1 aromatic rings. The van der Waals surface area contributed by atoms with Gasteiger partial charge in [-0.25, -0.2) is 0 Å². The van der Waals surface area contributed by atoms with Crippen molar-refractivity contribution in [1.82, 2.24) is 15.5 Å². The summed E-state index contributed by atoms with van der Waals surface area (Å²) in [5, 5.41) is 6.29. The number of rotatable bonds is 8. The lowest BCUT2D eigenvalue weighted by Gasteiger charge is -2.27. The molecule has 0 bridgehead atoms. The Morgan fingerprint density at radius 1 is 1.33 bits per heavy atom. The topological polar surface area (TPSA) is 53.6 Å². The summed E-state index contributed by atoms with van der Waals surface area (Å²) >= 11 is 1.57. The van der Waals surface area contributed by atoms with Gasteiger partial charge in [0, 0.05) is 37.6 Å². The molecule has 1 aliphatic rings. The molecule has 0 aliphatic carbocycles. The van der Waals surface area contributed by atoms with E-state index in [2.05, 4.69) is 15.5 Å². The van der Waals surface area contributed by atoms with Crippen molar-refractivity contribution in [3.05, 3.63) is 24.3 Å². The second kappa shape index (κ2) is 11.6. The fourth-order valence-electron chi connectivity index (χ4n) is 2.50. The molecule has 1 amide bonds. The van der Waals surface area contributed by atoms with Crippen molar-refractivity contribution in [2.24, 2.45) is 0 Å². The molecule has 1 aliphatic heterocycles. The van der Waals surface area contributed by atoms with Gasteiger partial charge in [0.25, 0.3) is 0 Å². The summed E-state index contributed by atoms with van der Waals surface area (Å²) in [6, 6.07) is 7.80. The number of hydrogen-bond donors (Lipinski definition) is 2. The minimum absolute atomic E-state index is 0. The molecule has 5 nitrogen and oxygen atoms in total. The van der Waals surface area contributed by atoms with E-state index in [0.717, 1.165) is 56.3 Å². The fraction of sp³-hybridized carbons (Fsp3) is 0.588.